The van der Waals surface area contributed by atoms with Crippen LogP contribution in [0.25, 0.3) is 21.0 Å². The van der Waals surface area contributed by atoms with E-state index in [1.807, 2.05) is 25.1 Å². The van der Waals surface area contributed by atoms with Gasteiger partial charge in [0.25, 0.3) is 0 Å². The maximum absolute atomic E-state index is 10.9. The van der Waals surface area contributed by atoms with E-state index in [1.165, 1.54) is 11.3 Å². The summed E-state index contributed by atoms with van der Waals surface area (Å²) < 4.78 is 11.0. The first-order valence-electron chi connectivity index (χ1n) is 7.73. The summed E-state index contributed by atoms with van der Waals surface area (Å²) in [5, 5.41) is 9.80. The summed E-state index contributed by atoms with van der Waals surface area (Å²) in [6, 6.07) is 12.4. The lowest BCUT2D eigenvalue weighted by Crippen LogP contribution is -1.94. The summed E-state index contributed by atoms with van der Waals surface area (Å²) in [6.07, 6.45) is 1.79. The van der Waals surface area contributed by atoms with Gasteiger partial charge in [-0.3, -0.25) is 0 Å². The molecule has 3 rings (SSSR count). The first-order chi connectivity index (χ1) is 12.1. The first kappa shape index (κ1) is 17.0. The van der Waals surface area contributed by atoms with Crippen molar-refractivity contribution in [1.82, 2.24) is 4.98 Å². The maximum atomic E-state index is 10.9. The topological polar surface area (TPSA) is 68.7 Å². The van der Waals surface area contributed by atoms with Gasteiger partial charge in [-0.05, 0) is 31.2 Å². The number of thiazole rings is 1. The third kappa shape index (κ3) is 3.64. The van der Waals surface area contributed by atoms with Gasteiger partial charge >= 0.3 is 5.97 Å². The number of rotatable bonds is 6. The third-order valence-electron chi connectivity index (χ3n) is 3.63. The van der Waals surface area contributed by atoms with Gasteiger partial charge < -0.3 is 14.6 Å². The van der Waals surface area contributed by atoms with Crippen LogP contribution in [-0.2, 0) is 0 Å². The highest BCUT2D eigenvalue weighted by Crippen LogP contribution is 2.38. The molecule has 0 fully saturated rings. The third-order valence-corrected chi connectivity index (χ3v) is 4.71. The second-order valence-electron chi connectivity index (χ2n) is 5.21. The lowest BCUT2D eigenvalue weighted by atomic mass is 10.1. The predicted octanol–water partition coefficient (Wildman–Crippen LogP) is 4.58. The number of methoxy groups -OCH3 is 1. The Bertz CT molecular complexity index is 887. The van der Waals surface area contributed by atoms with Gasteiger partial charge in [-0.1, -0.05) is 12.1 Å². The molecule has 0 spiro atoms. The number of carboxylic acids is 1. The van der Waals surface area contributed by atoms with Crippen molar-refractivity contribution in [1.29, 1.82) is 0 Å². The van der Waals surface area contributed by atoms with Crippen LogP contribution in [0, 0.1) is 0 Å². The minimum atomic E-state index is -0.939. The Balaban J connectivity index is 1.92. The van der Waals surface area contributed by atoms with E-state index in [1.54, 1.807) is 37.6 Å². The van der Waals surface area contributed by atoms with Gasteiger partial charge in [0.05, 0.1) is 24.2 Å². The quantitative estimate of drug-likeness (QED) is 0.701. The number of ether oxygens (including phenoxy) is 2. The highest BCUT2D eigenvalue weighted by atomic mass is 32.1. The van der Waals surface area contributed by atoms with Gasteiger partial charge in [0.1, 0.15) is 16.5 Å². The van der Waals surface area contributed by atoms with Crippen LogP contribution >= 0.6 is 11.3 Å². The molecule has 0 radical (unpaired) electrons. The van der Waals surface area contributed by atoms with Gasteiger partial charge in [0, 0.05) is 23.4 Å². The Kier molecular flexibility index (Phi) is 5.00. The summed E-state index contributed by atoms with van der Waals surface area (Å²) >= 11 is 1.52. The molecule has 1 aromatic heterocycles. The standard InChI is InChI=1S/C19H17NO4S/c1-3-24-14-8-9-15(16(10-14)23-2)17-11-20-18(25-17)12-4-6-13(7-5-12)19(21)22/h4-11H,3H2,1-2H3,(H,21,22). The molecule has 6 heteroatoms. The van der Waals surface area contributed by atoms with Crippen molar-refractivity contribution in [2.75, 3.05) is 13.7 Å². The lowest BCUT2D eigenvalue weighted by molar-refractivity contribution is 0.0697. The number of aromatic carboxylic acids is 1. The van der Waals surface area contributed by atoms with E-state index in [0.29, 0.717) is 6.61 Å². The molecule has 5 nitrogen and oxygen atoms in total. The zero-order chi connectivity index (χ0) is 17.8. The molecule has 1 heterocycles. The van der Waals surface area contributed by atoms with Gasteiger partial charge in [-0.15, -0.1) is 11.3 Å². The second-order valence-corrected chi connectivity index (χ2v) is 6.24. The van der Waals surface area contributed by atoms with Crippen LogP contribution in [-0.4, -0.2) is 29.8 Å². The van der Waals surface area contributed by atoms with Crippen molar-refractivity contribution >= 4 is 17.3 Å². The van der Waals surface area contributed by atoms with Crippen molar-refractivity contribution in [3.8, 4) is 32.5 Å². The molecule has 0 bridgehead atoms. The van der Waals surface area contributed by atoms with E-state index < -0.39 is 5.97 Å². The fraction of sp³-hybridized carbons (Fsp3) is 0.158. The Morgan fingerprint density at radius 2 is 1.96 bits per heavy atom. The highest BCUT2D eigenvalue weighted by molar-refractivity contribution is 7.18. The summed E-state index contributed by atoms with van der Waals surface area (Å²) in [5.41, 5.74) is 2.08. The molecule has 25 heavy (non-hydrogen) atoms. The van der Waals surface area contributed by atoms with Crippen molar-refractivity contribution in [2.24, 2.45) is 0 Å². The summed E-state index contributed by atoms with van der Waals surface area (Å²) in [5.74, 6) is 0.546. The van der Waals surface area contributed by atoms with E-state index >= 15 is 0 Å². The molecule has 3 aromatic rings. The average molecular weight is 355 g/mol. The van der Waals surface area contributed by atoms with Crippen LogP contribution in [0.5, 0.6) is 11.5 Å². The molecule has 1 N–H and O–H groups in total. The van der Waals surface area contributed by atoms with Gasteiger partial charge in [0.2, 0.25) is 0 Å². The van der Waals surface area contributed by atoms with Crippen molar-refractivity contribution in [3.05, 3.63) is 54.2 Å². The number of carbonyl (C=O) groups is 1. The number of hydrogen-bond acceptors (Lipinski definition) is 5. The van der Waals surface area contributed by atoms with E-state index in [4.69, 9.17) is 14.6 Å². The maximum Gasteiger partial charge on any atom is 0.335 e. The van der Waals surface area contributed by atoms with E-state index in [2.05, 4.69) is 4.98 Å². The molecule has 0 aliphatic rings. The molecule has 0 unspecified atom stereocenters. The van der Waals surface area contributed by atoms with E-state index in [-0.39, 0.29) is 5.56 Å². The molecule has 128 valence electrons. The highest BCUT2D eigenvalue weighted by Gasteiger charge is 2.13. The SMILES string of the molecule is CCOc1ccc(-c2cnc(-c3ccc(C(=O)O)cc3)s2)c(OC)c1. The van der Waals surface area contributed by atoms with Crippen molar-refractivity contribution in [3.63, 3.8) is 0 Å². The fourth-order valence-electron chi connectivity index (χ4n) is 2.42. The minimum absolute atomic E-state index is 0.258. The van der Waals surface area contributed by atoms with Crippen LogP contribution in [0.15, 0.2) is 48.7 Å². The molecule has 0 atom stereocenters. The Hall–Kier alpha value is -2.86. The molecule has 0 amide bonds. The van der Waals surface area contributed by atoms with Crippen molar-refractivity contribution in [2.45, 2.75) is 6.92 Å². The molecule has 2 aromatic carbocycles. The predicted molar refractivity (Wildman–Crippen MR) is 97.7 cm³/mol. The van der Waals surface area contributed by atoms with Crippen LogP contribution in [0.1, 0.15) is 17.3 Å². The number of benzene rings is 2. The molecule has 0 aliphatic carbocycles. The smallest absolute Gasteiger partial charge is 0.335 e. The largest absolute Gasteiger partial charge is 0.496 e. The Morgan fingerprint density at radius 3 is 2.60 bits per heavy atom. The summed E-state index contributed by atoms with van der Waals surface area (Å²) in [6.45, 7) is 2.53. The van der Waals surface area contributed by atoms with Crippen LogP contribution in [0.3, 0.4) is 0 Å². The number of carboxylic acid groups (broad SMARTS) is 1. The molecule has 0 saturated carbocycles. The summed E-state index contributed by atoms with van der Waals surface area (Å²) in [7, 11) is 1.63. The normalized spacial score (nSPS) is 10.5. The van der Waals surface area contributed by atoms with E-state index in [0.717, 1.165) is 32.5 Å². The lowest BCUT2D eigenvalue weighted by Gasteiger charge is -2.09. The average Bonchev–Trinajstić information content (AvgIpc) is 3.12. The van der Waals surface area contributed by atoms with Crippen LogP contribution in [0.2, 0.25) is 0 Å². The molecular weight excluding hydrogens is 338 g/mol. The minimum Gasteiger partial charge on any atom is -0.496 e. The van der Waals surface area contributed by atoms with Gasteiger partial charge in [-0.25, -0.2) is 9.78 Å². The molecule has 0 saturated heterocycles. The number of nitrogens with zero attached hydrogens (tertiary/aromatic N) is 1. The Labute approximate surface area is 149 Å². The van der Waals surface area contributed by atoms with E-state index in [9.17, 15) is 4.79 Å². The molecular formula is C19H17NO4S. The molecule has 0 aliphatic heterocycles. The van der Waals surface area contributed by atoms with Gasteiger partial charge in [-0.2, -0.15) is 0 Å². The number of aromatic nitrogens is 1. The first-order valence-corrected chi connectivity index (χ1v) is 8.54. The number of hydrogen-bond donors (Lipinski definition) is 1. The van der Waals surface area contributed by atoms with Crippen LogP contribution < -0.4 is 9.47 Å². The monoisotopic (exact) mass is 355 g/mol. The fourth-order valence-corrected chi connectivity index (χ4v) is 3.37. The van der Waals surface area contributed by atoms with Crippen LogP contribution in [0.4, 0.5) is 0 Å². The zero-order valence-electron chi connectivity index (χ0n) is 13.9. The Morgan fingerprint density at radius 1 is 1.20 bits per heavy atom. The van der Waals surface area contributed by atoms with Gasteiger partial charge in [0.15, 0.2) is 0 Å². The second kappa shape index (κ2) is 7.36. The zero-order valence-corrected chi connectivity index (χ0v) is 14.7. The summed E-state index contributed by atoms with van der Waals surface area (Å²) in [4.78, 5) is 16.4. The van der Waals surface area contributed by atoms with Crippen molar-refractivity contribution < 1.29 is 19.4 Å².